The molecule has 0 bridgehead atoms. The Hall–Kier alpha value is -2.24. The van der Waals surface area contributed by atoms with Crippen LogP contribution in [0, 0.1) is 11.7 Å². The molecule has 25 heavy (non-hydrogen) atoms. The Kier molecular flexibility index (Phi) is 5.16. The van der Waals surface area contributed by atoms with Crippen LogP contribution < -0.4 is 5.32 Å². The van der Waals surface area contributed by atoms with E-state index >= 15 is 0 Å². The van der Waals surface area contributed by atoms with Gasteiger partial charge in [0.1, 0.15) is 11.6 Å². The van der Waals surface area contributed by atoms with Gasteiger partial charge in [-0.2, -0.15) is 0 Å². The van der Waals surface area contributed by atoms with E-state index in [0.29, 0.717) is 12.1 Å². The molecule has 0 spiro atoms. The van der Waals surface area contributed by atoms with E-state index in [-0.39, 0.29) is 35.6 Å². The van der Waals surface area contributed by atoms with Gasteiger partial charge in [-0.3, -0.25) is 14.4 Å². The molecule has 1 saturated heterocycles. The molecule has 0 radical (unpaired) electrons. The van der Waals surface area contributed by atoms with Crippen molar-refractivity contribution in [2.75, 3.05) is 19.6 Å². The summed E-state index contributed by atoms with van der Waals surface area (Å²) in [5.41, 5.74) is 0.424. The third-order valence-corrected chi connectivity index (χ3v) is 4.87. The average Bonchev–Trinajstić information content (AvgIpc) is 3.44. The Labute approximate surface area is 146 Å². The molecular formula is C19H23FN2O3. The van der Waals surface area contributed by atoms with Crippen molar-refractivity contribution < 1.29 is 18.8 Å². The third kappa shape index (κ3) is 4.06. The third-order valence-electron chi connectivity index (χ3n) is 4.87. The van der Waals surface area contributed by atoms with E-state index in [2.05, 4.69) is 5.32 Å². The Morgan fingerprint density at radius 2 is 2.00 bits per heavy atom. The first-order chi connectivity index (χ1) is 12.0. The molecule has 1 atom stereocenters. The number of hydrogen-bond acceptors (Lipinski definition) is 3. The van der Waals surface area contributed by atoms with Crippen LogP contribution in [0.3, 0.4) is 0 Å². The molecule has 6 heteroatoms. The number of halogens is 1. The summed E-state index contributed by atoms with van der Waals surface area (Å²) in [5.74, 6) is -1.08. The molecular weight excluding hydrogens is 323 g/mol. The Balaban J connectivity index is 1.75. The fourth-order valence-corrected chi connectivity index (χ4v) is 3.36. The van der Waals surface area contributed by atoms with Gasteiger partial charge in [-0.1, -0.05) is 12.1 Å². The van der Waals surface area contributed by atoms with Crippen LogP contribution in [0.15, 0.2) is 18.2 Å². The van der Waals surface area contributed by atoms with Crippen molar-refractivity contribution in [3.05, 3.63) is 35.1 Å². The van der Waals surface area contributed by atoms with Gasteiger partial charge in [0.05, 0.1) is 12.1 Å². The molecule has 5 nitrogen and oxygen atoms in total. The number of likely N-dealkylation sites (tertiary alicyclic amines) is 1. The summed E-state index contributed by atoms with van der Waals surface area (Å²) in [7, 11) is 0. The summed E-state index contributed by atoms with van der Waals surface area (Å²) >= 11 is 0. The molecule has 1 aromatic rings. The minimum absolute atomic E-state index is 0.0515. The first kappa shape index (κ1) is 17.6. The highest BCUT2D eigenvalue weighted by Crippen LogP contribution is 2.35. The highest BCUT2D eigenvalue weighted by molar-refractivity contribution is 5.96. The quantitative estimate of drug-likeness (QED) is 0.889. The fraction of sp³-hybridized carbons (Fsp3) is 0.526. The van der Waals surface area contributed by atoms with Crippen LogP contribution in [0.5, 0.6) is 0 Å². The van der Waals surface area contributed by atoms with Gasteiger partial charge >= 0.3 is 0 Å². The number of carbonyl (C=O) groups excluding carboxylic acids is 3. The highest BCUT2D eigenvalue weighted by Gasteiger charge is 2.36. The van der Waals surface area contributed by atoms with E-state index in [1.54, 1.807) is 12.1 Å². The minimum Gasteiger partial charge on any atom is -0.345 e. The van der Waals surface area contributed by atoms with E-state index in [1.807, 2.05) is 4.90 Å². The van der Waals surface area contributed by atoms with Gasteiger partial charge in [-0.15, -0.1) is 0 Å². The molecule has 1 aromatic carbocycles. The van der Waals surface area contributed by atoms with Gasteiger partial charge in [0.2, 0.25) is 5.91 Å². The van der Waals surface area contributed by atoms with Crippen molar-refractivity contribution >= 4 is 17.6 Å². The van der Waals surface area contributed by atoms with Crippen molar-refractivity contribution in [3.63, 3.8) is 0 Å². The van der Waals surface area contributed by atoms with Crippen molar-refractivity contribution in [3.8, 4) is 0 Å². The number of piperidine rings is 1. The molecule has 1 aliphatic carbocycles. The normalized spacial score (nSPS) is 20.2. The molecule has 2 amide bonds. The predicted octanol–water partition coefficient (Wildman–Crippen LogP) is 2.26. The first-order valence-corrected chi connectivity index (χ1v) is 8.82. The van der Waals surface area contributed by atoms with E-state index in [4.69, 9.17) is 0 Å². The molecule has 2 fully saturated rings. The maximum absolute atomic E-state index is 14.9. The maximum atomic E-state index is 14.9. The molecule has 1 heterocycles. The topological polar surface area (TPSA) is 66.5 Å². The molecule has 0 aromatic heterocycles. The zero-order valence-electron chi connectivity index (χ0n) is 14.4. The summed E-state index contributed by atoms with van der Waals surface area (Å²) in [6, 6.07) is 4.76. The van der Waals surface area contributed by atoms with Gasteiger partial charge in [0, 0.05) is 24.9 Å². The van der Waals surface area contributed by atoms with Crippen LogP contribution in [0.4, 0.5) is 4.39 Å². The summed E-state index contributed by atoms with van der Waals surface area (Å²) in [6.07, 6.45) is 3.55. The fourth-order valence-electron chi connectivity index (χ4n) is 3.36. The highest BCUT2D eigenvalue weighted by atomic mass is 19.1. The Morgan fingerprint density at radius 1 is 1.24 bits per heavy atom. The second-order valence-electron chi connectivity index (χ2n) is 6.99. The van der Waals surface area contributed by atoms with E-state index < -0.39 is 11.7 Å². The van der Waals surface area contributed by atoms with Crippen LogP contribution in [0.2, 0.25) is 0 Å². The first-order valence-electron chi connectivity index (χ1n) is 8.82. The number of rotatable bonds is 5. The molecule has 3 rings (SSSR count). The number of nitrogens with zero attached hydrogens (tertiary/aromatic N) is 1. The van der Waals surface area contributed by atoms with E-state index in [0.717, 1.165) is 32.2 Å². The van der Waals surface area contributed by atoms with Gasteiger partial charge in [0.25, 0.3) is 5.91 Å². The number of carbonyl (C=O) groups is 3. The second-order valence-corrected chi connectivity index (χ2v) is 6.99. The SMILES string of the molecule is CC(=O)CNC(=O)c1cccc(C2CCCN(C(=O)C3CC3)C2)c1F. The van der Waals surface area contributed by atoms with Gasteiger partial charge < -0.3 is 10.2 Å². The lowest BCUT2D eigenvalue weighted by atomic mass is 9.89. The summed E-state index contributed by atoms with van der Waals surface area (Å²) in [6.45, 7) is 2.48. The Morgan fingerprint density at radius 3 is 2.68 bits per heavy atom. The van der Waals surface area contributed by atoms with Crippen LogP contribution >= 0.6 is 0 Å². The monoisotopic (exact) mass is 346 g/mol. The van der Waals surface area contributed by atoms with Crippen molar-refractivity contribution in [1.29, 1.82) is 0 Å². The molecule has 1 unspecified atom stereocenters. The number of Topliss-reactive ketones (excluding diaryl/α,β-unsaturated/α-hetero) is 1. The van der Waals surface area contributed by atoms with Crippen LogP contribution in [-0.4, -0.2) is 42.1 Å². The van der Waals surface area contributed by atoms with Crippen LogP contribution in [0.25, 0.3) is 0 Å². The lowest BCUT2D eigenvalue weighted by Crippen LogP contribution is -2.40. The lowest BCUT2D eigenvalue weighted by Gasteiger charge is -2.33. The standard InChI is InChI=1S/C19H23FN2O3/c1-12(23)10-21-18(24)16-6-2-5-15(17(16)20)14-4-3-9-22(11-14)19(25)13-7-8-13/h2,5-6,13-14H,3-4,7-11H2,1H3,(H,21,24). The number of nitrogens with one attached hydrogen (secondary N) is 1. The van der Waals surface area contributed by atoms with E-state index in [9.17, 15) is 18.8 Å². The van der Waals surface area contributed by atoms with Crippen molar-refractivity contribution in [2.45, 2.75) is 38.5 Å². The maximum Gasteiger partial charge on any atom is 0.254 e. The lowest BCUT2D eigenvalue weighted by molar-refractivity contribution is -0.133. The van der Waals surface area contributed by atoms with Gasteiger partial charge in [0.15, 0.2) is 0 Å². The second kappa shape index (κ2) is 7.33. The van der Waals surface area contributed by atoms with Crippen LogP contribution in [-0.2, 0) is 9.59 Å². The summed E-state index contributed by atoms with van der Waals surface area (Å²) < 4.78 is 14.9. The van der Waals surface area contributed by atoms with Crippen molar-refractivity contribution in [2.24, 2.45) is 5.92 Å². The average molecular weight is 346 g/mol. The minimum atomic E-state index is -0.587. The molecule has 134 valence electrons. The molecule has 1 N–H and O–H groups in total. The van der Waals surface area contributed by atoms with E-state index in [1.165, 1.54) is 13.0 Å². The number of benzene rings is 1. The molecule has 2 aliphatic rings. The predicted molar refractivity (Wildman–Crippen MR) is 90.7 cm³/mol. The van der Waals surface area contributed by atoms with Gasteiger partial charge in [-0.05, 0) is 44.2 Å². The van der Waals surface area contributed by atoms with Gasteiger partial charge in [-0.25, -0.2) is 4.39 Å². The Bertz CT molecular complexity index is 700. The smallest absolute Gasteiger partial charge is 0.254 e. The summed E-state index contributed by atoms with van der Waals surface area (Å²) in [4.78, 5) is 37.2. The molecule has 1 aliphatic heterocycles. The molecule has 1 saturated carbocycles. The number of hydrogen-bond donors (Lipinski definition) is 1. The zero-order valence-corrected chi connectivity index (χ0v) is 14.4. The largest absolute Gasteiger partial charge is 0.345 e. The summed E-state index contributed by atoms with van der Waals surface area (Å²) in [5, 5.41) is 2.43. The zero-order chi connectivity index (χ0) is 18.0. The van der Waals surface area contributed by atoms with Crippen LogP contribution in [0.1, 0.15) is 54.4 Å². The number of ketones is 1. The number of amides is 2. The van der Waals surface area contributed by atoms with Crippen molar-refractivity contribution in [1.82, 2.24) is 10.2 Å².